The molecule has 9 heteroatoms. The van der Waals surface area contributed by atoms with E-state index in [9.17, 15) is 18.0 Å². The molecule has 0 aliphatic carbocycles. The average Bonchev–Trinajstić information content (AvgIpc) is 2.78. The Balaban J connectivity index is 1.80. The van der Waals surface area contributed by atoms with E-state index in [1.807, 2.05) is 0 Å². The molecule has 2 aromatic rings. The number of nitrogens with zero attached hydrogens (tertiary/aromatic N) is 2. The first kappa shape index (κ1) is 23.3. The second kappa shape index (κ2) is 10.3. The molecular weight excluding hydrogens is 484 g/mol. The van der Waals surface area contributed by atoms with Crippen LogP contribution in [0.5, 0.6) is 0 Å². The molecule has 1 aliphatic rings. The average molecular weight is 509 g/mol. The van der Waals surface area contributed by atoms with Gasteiger partial charge in [0, 0.05) is 17.6 Å². The van der Waals surface area contributed by atoms with E-state index in [4.69, 9.17) is 4.74 Å². The van der Waals surface area contributed by atoms with Gasteiger partial charge in [-0.25, -0.2) is 8.42 Å². The van der Waals surface area contributed by atoms with Crippen molar-refractivity contribution >= 4 is 43.5 Å². The van der Waals surface area contributed by atoms with Gasteiger partial charge in [-0.3, -0.25) is 13.9 Å². The van der Waals surface area contributed by atoms with E-state index in [2.05, 4.69) is 15.9 Å². The number of benzene rings is 2. The van der Waals surface area contributed by atoms with Crippen molar-refractivity contribution in [1.82, 2.24) is 4.90 Å². The molecule has 31 heavy (non-hydrogen) atoms. The second-order valence-electron chi connectivity index (χ2n) is 7.21. The minimum Gasteiger partial charge on any atom is -0.466 e. The van der Waals surface area contributed by atoms with Crippen LogP contribution < -0.4 is 4.31 Å². The second-order valence-corrected chi connectivity index (χ2v) is 9.99. The van der Waals surface area contributed by atoms with Gasteiger partial charge in [0.05, 0.1) is 23.1 Å². The van der Waals surface area contributed by atoms with Gasteiger partial charge in [-0.1, -0.05) is 40.2 Å². The van der Waals surface area contributed by atoms with Gasteiger partial charge in [0.15, 0.2) is 0 Å². The predicted molar refractivity (Wildman–Crippen MR) is 121 cm³/mol. The van der Waals surface area contributed by atoms with Crippen LogP contribution in [0.1, 0.15) is 19.8 Å². The first-order valence-corrected chi connectivity index (χ1v) is 12.3. The summed E-state index contributed by atoms with van der Waals surface area (Å²) < 4.78 is 33.6. The number of amides is 1. The summed E-state index contributed by atoms with van der Waals surface area (Å²) >= 11 is 3.37. The minimum absolute atomic E-state index is 0.115. The molecule has 0 N–H and O–H groups in total. The van der Waals surface area contributed by atoms with E-state index in [0.29, 0.717) is 42.7 Å². The van der Waals surface area contributed by atoms with E-state index in [1.54, 1.807) is 54.3 Å². The molecule has 0 radical (unpaired) electrons. The van der Waals surface area contributed by atoms with Gasteiger partial charge in [0.25, 0.3) is 10.0 Å². The fourth-order valence-corrected chi connectivity index (χ4v) is 5.33. The molecule has 0 unspecified atom stereocenters. The van der Waals surface area contributed by atoms with Crippen molar-refractivity contribution in [2.45, 2.75) is 24.7 Å². The lowest BCUT2D eigenvalue weighted by atomic mass is 9.97. The highest BCUT2D eigenvalue weighted by Crippen LogP contribution is 2.27. The molecular formula is C22H25BrN2O5S. The molecule has 0 spiro atoms. The highest BCUT2D eigenvalue weighted by Gasteiger charge is 2.32. The first-order chi connectivity index (χ1) is 14.8. The van der Waals surface area contributed by atoms with Crippen LogP contribution in [-0.4, -0.2) is 51.4 Å². The maximum absolute atomic E-state index is 13.4. The van der Waals surface area contributed by atoms with Gasteiger partial charge in [-0.05, 0) is 50.1 Å². The third kappa shape index (κ3) is 5.65. The number of carbonyl (C=O) groups is 2. The number of sulfonamides is 1. The SMILES string of the molecule is CCOC(=O)C1CCN(C(=O)CN(c2cccc(Br)c2)S(=O)(=O)c2ccccc2)CC1. The Morgan fingerprint density at radius 3 is 2.39 bits per heavy atom. The fraction of sp³-hybridized carbons (Fsp3) is 0.364. The minimum atomic E-state index is -3.95. The summed E-state index contributed by atoms with van der Waals surface area (Å²) in [6, 6.07) is 14.9. The van der Waals surface area contributed by atoms with E-state index >= 15 is 0 Å². The maximum Gasteiger partial charge on any atom is 0.309 e. The molecule has 1 aliphatic heterocycles. The first-order valence-electron chi connectivity index (χ1n) is 10.1. The van der Waals surface area contributed by atoms with Crippen molar-refractivity contribution in [3.63, 3.8) is 0 Å². The summed E-state index contributed by atoms with van der Waals surface area (Å²) in [5.41, 5.74) is 0.396. The van der Waals surface area contributed by atoms with Crippen LogP contribution in [0.2, 0.25) is 0 Å². The van der Waals surface area contributed by atoms with Gasteiger partial charge in [0.2, 0.25) is 5.91 Å². The molecule has 1 heterocycles. The molecule has 0 bridgehead atoms. The lowest BCUT2D eigenvalue weighted by molar-refractivity contribution is -0.151. The van der Waals surface area contributed by atoms with Crippen molar-refractivity contribution in [3.05, 3.63) is 59.1 Å². The number of likely N-dealkylation sites (tertiary alicyclic amines) is 1. The molecule has 3 rings (SSSR count). The lowest BCUT2D eigenvalue weighted by Gasteiger charge is -2.33. The number of anilines is 1. The molecule has 7 nitrogen and oxygen atoms in total. The molecule has 1 saturated heterocycles. The van der Waals surface area contributed by atoms with Crippen molar-refractivity contribution in [3.8, 4) is 0 Å². The Morgan fingerprint density at radius 2 is 1.77 bits per heavy atom. The Kier molecular flexibility index (Phi) is 7.72. The van der Waals surface area contributed by atoms with Crippen molar-refractivity contribution in [1.29, 1.82) is 0 Å². The van der Waals surface area contributed by atoms with E-state index in [0.717, 1.165) is 4.31 Å². The quantitative estimate of drug-likeness (QED) is 0.534. The summed E-state index contributed by atoms with van der Waals surface area (Å²) in [4.78, 5) is 26.7. The number of rotatable bonds is 7. The van der Waals surface area contributed by atoms with Gasteiger partial charge in [-0.2, -0.15) is 0 Å². The van der Waals surface area contributed by atoms with Crippen LogP contribution in [-0.2, 0) is 24.3 Å². The van der Waals surface area contributed by atoms with Crippen molar-refractivity contribution in [2.75, 3.05) is 30.5 Å². The van der Waals surface area contributed by atoms with Crippen LogP contribution >= 0.6 is 15.9 Å². The summed E-state index contributed by atoms with van der Waals surface area (Å²) in [6.07, 6.45) is 1.01. The van der Waals surface area contributed by atoms with Crippen LogP contribution in [0, 0.1) is 5.92 Å². The molecule has 0 atom stereocenters. The fourth-order valence-electron chi connectivity index (χ4n) is 3.51. The highest BCUT2D eigenvalue weighted by molar-refractivity contribution is 9.10. The number of hydrogen-bond acceptors (Lipinski definition) is 5. The molecule has 1 amide bonds. The summed E-state index contributed by atoms with van der Waals surface area (Å²) in [7, 11) is -3.95. The smallest absolute Gasteiger partial charge is 0.309 e. The Hall–Kier alpha value is -2.39. The van der Waals surface area contributed by atoms with E-state index in [-0.39, 0.29) is 29.2 Å². The Bertz CT molecular complexity index is 1020. The topological polar surface area (TPSA) is 84.0 Å². The zero-order chi connectivity index (χ0) is 22.4. The molecule has 1 fully saturated rings. The van der Waals surface area contributed by atoms with Gasteiger partial charge in [0.1, 0.15) is 6.54 Å². The number of halogens is 1. The Morgan fingerprint density at radius 1 is 1.10 bits per heavy atom. The lowest BCUT2D eigenvalue weighted by Crippen LogP contribution is -2.46. The maximum atomic E-state index is 13.4. The zero-order valence-electron chi connectivity index (χ0n) is 17.2. The third-order valence-electron chi connectivity index (χ3n) is 5.17. The number of esters is 1. The predicted octanol–water partition coefficient (Wildman–Crippen LogP) is 3.45. The van der Waals surface area contributed by atoms with Crippen LogP contribution in [0.25, 0.3) is 0 Å². The zero-order valence-corrected chi connectivity index (χ0v) is 19.6. The normalized spacial score (nSPS) is 14.8. The number of piperidine rings is 1. The number of carbonyl (C=O) groups excluding carboxylic acids is 2. The summed E-state index contributed by atoms with van der Waals surface area (Å²) in [6.45, 7) is 2.55. The molecule has 2 aromatic carbocycles. The van der Waals surface area contributed by atoms with Crippen molar-refractivity contribution in [2.24, 2.45) is 5.92 Å². The van der Waals surface area contributed by atoms with E-state index in [1.165, 1.54) is 12.1 Å². The number of ether oxygens (including phenoxy) is 1. The summed E-state index contributed by atoms with van der Waals surface area (Å²) in [5.74, 6) is -0.767. The summed E-state index contributed by atoms with van der Waals surface area (Å²) in [5, 5.41) is 0. The standard InChI is InChI=1S/C22H25BrN2O5S/c1-2-30-22(27)17-11-13-24(14-12-17)21(26)16-25(19-8-6-7-18(23)15-19)31(28,29)20-9-4-3-5-10-20/h3-10,15,17H,2,11-14,16H2,1H3. The molecule has 166 valence electrons. The monoisotopic (exact) mass is 508 g/mol. The van der Waals surface area contributed by atoms with E-state index < -0.39 is 10.0 Å². The van der Waals surface area contributed by atoms with Gasteiger partial charge in [-0.15, -0.1) is 0 Å². The molecule has 0 aromatic heterocycles. The Labute approximate surface area is 191 Å². The van der Waals surface area contributed by atoms with Gasteiger partial charge >= 0.3 is 5.97 Å². The molecule has 0 saturated carbocycles. The van der Waals surface area contributed by atoms with Crippen molar-refractivity contribution < 1.29 is 22.7 Å². The number of hydrogen-bond donors (Lipinski definition) is 0. The third-order valence-corrected chi connectivity index (χ3v) is 7.46. The largest absolute Gasteiger partial charge is 0.466 e. The van der Waals surface area contributed by atoms with Crippen LogP contribution in [0.3, 0.4) is 0 Å². The van der Waals surface area contributed by atoms with Gasteiger partial charge < -0.3 is 9.64 Å². The van der Waals surface area contributed by atoms with Crippen LogP contribution in [0.15, 0.2) is 64.0 Å². The highest BCUT2D eigenvalue weighted by atomic mass is 79.9. The van der Waals surface area contributed by atoms with Crippen LogP contribution in [0.4, 0.5) is 5.69 Å².